The number of nitro benzene ring substituents is 1. The van der Waals surface area contributed by atoms with Gasteiger partial charge >= 0.3 is 0 Å². The van der Waals surface area contributed by atoms with Crippen LogP contribution in [0, 0.1) is 10.1 Å². The van der Waals surface area contributed by atoms with Gasteiger partial charge in [0.25, 0.3) is 5.69 Å². The van der Waals surface area contributed by atoms with Crippen molar-refractivity contribution in [1.82, 2.24) is 10.2 Å². The Bertz CT molecular complexity index is 661. The summed E-state index contributed by atoms with van der Waals surface area (Å²) in [7, 11) is 0. The molecule has 7 nitrogen and oxygen atoms in total. The highest BCUT2D eigenvalue weighted by molar-refractivity contribution is 8.00. The minimum absolute atomic E-state index is 0.00853. The van der Waals surface area contributed by atoms with Crippen LogP contribution >= 0.6 is 23.1 Å². The summed E-state index contributed by atoms with van der Waals surface area (Å²) in [4.78, 5) is 24.2. The second-order valence-electron chi connectivity index (χ2n) is 3.96. The number of benzene rings is 1. The van der Waals surface area contributed by atoms with Crippen LogP contribution in [0.3, 0.4) is 0 Å². The van der Waals surface area contributed by atoms with E-state index in [9.17, 15) is 14.9 Å². The highest BCUT2D eigenvalue weighted by Gasteiger charge is 2.38. The average molecular weight is 308 g/mol. The second-order valence-corrected chi connectivity index (χ2v) is 5.84. The Morgan fingerprint density at radius 3 is 2.90 bits per heavy atom. The van der Waals surface area contributed by atoms with E-state index < -0.39 is 10.3 Å². The molecule has 3 rings (SSSR count). The monoisotopic (exact) mass is 308 g/mol. The highest BCUT2D eigenvalue weighted by Crippen LogP contribution is 2.44. The number of anilines is 1. The summed E-state index contributed by atoms with van der Waals surface area (Å²) in [6, 6.07) is 6.45. The minimum atomic E-state index is -0.434. The zero-order valence-electron chi connectivity index (χ0n) is 10.0. The van der Waals surface area contributed by atoms with Gasteiger partial charge in [-0.25, -0.2) is 0 Å². The SMILES string of the molecule is O=C1CSC(c2ccccc2[N+](=O)[O-])N1c1nncs1. The Morgan fingerprint density at radius 2 is 2.20 bits per heavy atom. The summed E-state index contributed by atoms with van der Waals surface area (Å²) in [6.07, 6.45) is 0. The van der Waals surface area contributed by atoms with Crippen LogP contribution < -0.4 is 4.90 Å². The van der Waals surface area contributed by atoms with E-state index in [1.165, 1.54) is 39.6 Å². The molecule has 1 aliphatic heterocycles. The van der Waals surface area contributed by atoms with Crippen LogP contribution in [0.1, 0.15) is 10.9 Å². The van der Waals surface area contributed by atoms with Crippen LogP contribution in [0.5, 0.6) is 0 Å². The Labute approximate surface area is 121 Å². The van der Waals surface area contributed by atoms with Crippen LogP contribution in [-0.4, -0.2) is 26.8 Å². The van der Waals surface area contributed by atoms with Gasteiger partial charge in [-0.05, 0) is 6.07 Å². The number of para-hydroxylation sites is 1. The fourth-order valence-electron chi connectivity index (χ4n) is 2.00. The second kappa shape index (κ2) is 5.17. The molecule has 1 aromatic heterocycles. The van der Waals surface area contributed by atoms with E-state index in [0.29, 0.717) is 10.7 Å². The van der Waals surface area contributed by atoms with Gasteiger partial charge < -0.3 is 0 Å². The van der Waals surface area contributed by atoms with E-state index in [1.54, 1.807) is 18.2 Å². The van der Waals surface area contributed by atoms with Gasteiger partial charge in [0.15, 0.2) is 0 Å². The molecule has 1 aliphatic rings. The molecule has 0 spiro atoms. The molecule has 1 aromatic carbocycles. The normalized spacial score (nSPS) is 18.5. The first-order valence-corrected chi connectivity index (χ1v) is 7.54. The van der Waals surface area contributed by atoms with Gasteiger partial charge in [-0.3, -0.25) is 19.8 Å². The predicted octanol–water partition coefficient (Wildman–Crippen LogP) is 2.22. The first kappa shape index (κ1) is 13.0. The van der Waals surface area contributed by atoms with Crippen molar-refractivity contribution in [2.24, 2.45) is 0 Å². The zero-order chi connectivity index (χ0) is 14.1. The predicted molar refractivity (Wildman–Crippen MR) is 75.7 cm³/mol. The van der Waals surface area contributed by atoms with E-state index >= 15 is 0 Å². The number of thioether (sulfide) groups is 1. The summed E-state index contributed by atoms with van der Waals surface area (Å²) in [5.74, 6) is 0.158. The topological polar surface area (TPSA) is 89.2 Å². The Hall–Kier alpha value is -2.00. The largest absolute Gasteiger partial charge is 0.275 e. The lowest BCUT2D eigenvalue weighted by molar-refractivity contribution is -0.385. The van der Waals surface area contributed by atoms with Gasteiger partial charge in [0.1, 0.15) is 10.9 Å². The molecule has 1 saturated heterocycles. The third-order valence-corrected chi connectivity index (χ3v) is 4.70. The Kier molecular flexibility index (Phi) is 3.36. The molecule has 102 valence electrons. The van der Waals surface area contributed by atoms with Crippen LogP contribution in [0.15, 0.2) is 29.8 Å². The Morgan fingerprint density at radius 1 is 1.40 bits per heavy atom. The number of hydrogen-bond donors (Lipinski definition) is 0. The van der Waals surface area contributed by atoms with E-state index in [1.807, 2.05) is 0 Å². The van der Waals surface area contributed by atoms with Crippen molar-refractivity contribution >= 4 is 39.8 Å². The Balaban J connectivity index is 2.05. The average Bonchev–Trinajstić information content (AvgIpc) is 3.07. The number of rotatable bonds is 3. The maximum absolute atomic E-state index is 12.0. The first-order chi connectivity index (χ1) is 9.68. The molecule has 1 atom stereocenters. The molecule has 0 N–H and O–H groups in total. The molecule has 2 heterocycles. The van der Waals surface area contributed by atoms with Gasteiger partial charge in [-0.15, -0.1) is 22.0 Å². The van der Waals surface area contributed by atoms with Crippen LogP contribution in [0.25, 0.3) is 0 Å². The number of carbonyl (C=O) groups excluding carboxylic acids is 1. The smallest absolute Gasteiger partial charge is 0.273 e. The number of nitro groups is 1. The van der Waals surface area contributed by atoms with E-state index in [-0.39, 0.29) is 17.3 Å². The standard InChI is InChI=1S/C11H8N4O3S2/c16-9-5-19-10(14(9)11-13-12-6-20-11)7-3-1-2-4-8(7)15(17)18/h1-4,6,10H,5H2. The molecule has 0 radical (unpaired) electrons. The van der Waals surface area contributed by atoms with Crippen molar-refractivity contribution in [1.29, 1.82) is 0 Å². The summed E-state index contributed by atoms with van der Waals surface area (Å²) in [5, 5.41) is 18.8. The molecule has 9 heteroatoms. The third kappa shape index (κ3) is 2.14. The first-order valence-electron chi connectivity index (χ1n) is 5.61. The summed E-state index contributed by atoms with van der Waals surface area (Å²) in [6.45, 7) is 0. The summed E-state index contributed by atoms with van der Waals surface area (Å²) in [5.41, 5.74) is 2.04. The number of hydrogen-bond acceptors (Lipinski definition) is 7. The lowest BCUT2D eigenvalue weighted by Gasteiger charge is -2.20. The molecule has 2 aromatic rings. The van der Waals surface area contributed by atoms with Crippen molar-refractivity contribution in [3.8, 4) is 0 Å². The number of amides is 1. The van der Waals surface area contributed by atoms with Gasteiger partial charge in [0, 0.05) is 6.07 Å². The molecule has 20 heavy (non-hydrogen) atoms. The quantitative estimate of drug-likeness (QED) is 0.638. The minimum Gasteiger partial charge on any atom is -0.273 e. The van der Waals surface area contributed by atoms with Gasteiger partial charge in [-0.2, -0.15) is 0 Å². The van der Waals surface area contributed by atoms with Crippen molar-refractivity contribution in [2.45, 2.75) is 5.37 Å². The third-order valence-electron chi connectivity index (χ3n) is 2.82. The van der Waals surface area contributed by atoms with Crippen LogP contribution in [0.4, 0.5) is 10.8 Å². The summed E-state index contributed by atoms with van der Waals surface area (Å²) >= 11 is 2.59. The molecular formula is C11H8N4O3S2. The molecule has 1 fully saturated rings. The molecule has 0 saturated carbocycles. The van der Waals surface area contributed by atoms with Gasteiger partial charge in [0.05, 0.1) is 16.2 Å². The molecule has 0 aliphatic carbocycles. The van der Waals surface area contributed by atoms with Gasteiger partial charge in [0.2, 0.25) is 11.0 Å². The maximum atomic E-state index is 12.0. The molecule has 0 bridgehead atoms. The molecule has 1 unspecified atom stereocenters. The molecule has 1 amide bonds. The van der Waals surface area contributed by atoms with Crippen molar-refractivity contribution < 1.29 is 9.72 Å². The molecular weight excluding hydrogens is 300 g/mol. The maximum Gasteiger partial charge on any atom is 0.275 e. The van der Waals surface area contributed by atoms with Crippen molar-refractivity contribution in [3.63, 3.8) is 0 Å². The lowest BCUT2D eigenvalue weighted by atomic mass is 10.1. The van der Waals surface area contributed by atoms with E-state index in [4.69, 9.17) is 0 Å². The number of nitrogens with zero attached hydrogens (tertiary/aromatic N) is 4. The van der Waals surface area contributed by atoms with Crippen molar-refractivity contribution in [2.75, 3.05) is 10.7 Å². The number of aromatic nitrogens is 2. The van der Waals surface area contributed by atoms with Crippen LogP contribution in [0.2, 0.25) is 0 Å². The summed E-state index contributed by atoms with van der Waals surface area (Å²) < 4.78 is 0. The lowest BCUT2D eigenvalue weighted by Crippen LogP contribution is -2.28. The fraction of sp³-hybridized carbons (Fsp3) is 0.182. The van der Waals surface area contributed by atoms with Crippen molar-refractivity contribution in [3.05, 3.63) is 45.5 Å². The van der Waals surface area contributed by atoms with E-state index in [2.05, 4.69) is 10.2 Å². The van der Waals surface area contributed by atoms with E-state index in [0.717, 1.165) is 0 Å². The fourth-order valence-corrected chi connectivity index (χ4v) is 3.85. The highest BCUT2D eigenvalue weighted by atomic mass is 32.2. The number of carbonyl (C=O) groups is 1. The van der Waals surface area contributed by atoms with Crippen LogP contribution in [-0.2, 0) is 4.79 Å². The van der Waals surface area contributed by atoms with Gasteiger partial charge in [-0.1, -0.05) is 23.5 Å². The zero-order valence-corrected chi connectivity index (χ0v) is 11.6.